The van der Waals surface area contributed by atoms with E-state index < -0.39 is 0 Å². The molecule has 1 atom stereocenters. The lowest BCUT2D eigenvalue weighted by Gasteiger charge is -2.21. The van der Waals surface area contributed by atoms with Crippen LogP contribution < -0.4 is 5.73 Å². The fourth-order valence-corrected chi connectivity index (χ4v) is 4.53. The monoisotopic (exact) mass is 341 g/mol. The van der Waals surface area contributed by atoms with Crippen molar-refractivity contribution in [3.8, 4) is 0 Å². The summed E-state index contributed by atoms with van der Waals surface area (Å²) in [6.07, 6.45) is 8.99. The number of hydrogen-bond acceptors (Lipinski definition) is 2. The lowest BCUT2D eigenvalue weighted by molar-refractivity contribution is 0.516. The first-order valence-electron chi connectivity index (χ1n) is 7.39. The predicted molar refractivity (Wildman–Crippen MR) is 88.8 cm³/mol. The van der Waals surface area contributed by atoms with Crippen molar-refractivity contribution in [1.29, 1.82) is 0 Å². The van der Waals surface area contributed by atoms with E-state index in [9.17, 15) is 0 Å². The Hall–Kier alpha value is 0.01000. The Morgan fingerprint density at radius 2 is 2.05 bits per heavy atom. The summed E-state index contributed by atoms with van der Waals surface area (Å²) in [7, 11) is 0. The van der Waals surface area contributed by atoms with Gasteiger partial charge in [-0.1, -0.05) is 32.3 Å². The molecule has 0 saturated heterocycles. The van der Waals surface area contributed by atoms with Crippen LogP contribution in [0.5, 0.6) is 0 Å². The molecule has 3 heteroatoms. The molecule has 0 bridgehead atoms. The van der Waals surface area contributed by atoms with Crippen LogP contribution in [0.25, 0.3) is 0 Å². The first kappa shape index (κ1) is 15.4. The van der Waals surface area contributed by atoms with E-state index in [1.54, 1.807) is 0 Å². The fourth-order valence-electron chi connectivity index (χ4n) is 2.58. The smallest absolute Gasteiger partial charge is 0.0314 e. The van der Waals surface area contributed by atoms with Gasteiger partial charge in [-0.2, -0.15) is 0 Å². The Bertz CT molecular complexity index is 402. The summed E-state index contributed by atoms with van der Waals surface area (Å²) in [6.45, 7) is 2.15. The van der Waals surface area contributed by atoms with Gasteiger partial charge in [0, 0.05) is 20.7 Å². The third kappa shape index (κ3) is 4.80. The van der Waals surface area contributed by atoms with Gasteiger partial charge in [0.05, 0.1) is 0 Å². The number of hydrogen-bond donors (Lipinski definition) is 1. The lowest BCUT2D eigenvalue weighted by atomic mass is 10.0. The molecule has 1 aliphatic carbocycles. The highest BCUT2D eigenvalue weighted by molar-refractivity contribution is 9.10. The molecule has 0 amide bonds. The van der Waals surface area contributed by atoms with Crippen LogP contribution in [0.4, 0.5) is 0 Å². The van der Waals surface area contributed by atoms with Crippen molar-refractivity contribution in [3.63, 3.8) is 0 Å². The molecule has 0 radical (unpaired) electrons. The molecule has 1 aliphatic rings. The average Bonchev–Trinajstić information content (AvgIpc) is 2.43. The largest absolute Gasteiger partial charge is 0.327 e. The molecule has 106 valence electrons. The van der Waals surface area contributed by atoms with E-state index >= 15 is 0 Å². The second-order valence-electron chi connectivity index (χ2n) is 5.52. The van der Waals surface area contributed by atoms with E-state index in [4.69, 9.17) is 5.73 Å². The molecular weight excluding hydrogens is 318 g/mol. The van der Waals surface area contributed by atoms with Crippen molar-refractivity contribution in [2.24, 2.45) is 5.73 Å². The van der Waals surface area contributed by atoms with Gasteiger partial charge in [0.25, 0.3) is 0 Å². The van der Waals surface area contributed by atoms with Gasteiger partial charge >= 0.3 is 0 Å². The van der Waals surface area contributed by atoms with Gasteiger partial charge in [-0.3, -0.25) is 0 Å². The van der Waals surface area contributed by atoms with E-state index in [0.717, 1.165) is 18.1 Å². The Kier molecular flexibility index (Phi) is 6.24. The zero-order chi connectivity index (χ0) is 13.7. The maximum Gasteiger partial charge on any atom is 0.0314 e. The van der Waals surface area contributed by atoms with Gasteiger partial charge in [-0.05, 0) is 59.3 Å². The molecule has 0 aromatic heterocycles. The van der Waals surface area contributed by atoms with Gasteiger partial charge in [-0.15, -0.1) is 11.8 Å². The lowest BCUT2D eigenvalue weighted by Crippen LogP contribution is -2.21. The maximum absolute atomic E-state index is 6.02. The van der Waals surface area contributed by atoms with Crippen molar-refractivity contribution in [2.75, 3.05) is 0 Å². The van der Waals surface area contributed by atoms with Crippen molar-refractivity contribution in [3.05, 3.63) is 28.2 Å². The van der Waals surface area contributed by atoms with E-state index in [1.807, 2.05) is 11.8 Å². The summed E-state index contributed by atoms with van der Waals surface area (Å²) in [6, 6.07) is 7.04. The average molecular weight is 342 g/mol. The number of halogens is 1. The molecule has 19 heavy (non-hydrogen) atoms. The minimum absolute atomic E-state index is 0.281. The van der Waals surface area contributed by atoms with Crippen LogP contribution in [0.3, 0.4) is 0 Å². The second-order valence-corrected chi connectivity index (χ2v) is 7.71. The first-order valence-corrected chi connectivity index (χ1v) is 9.07. The molecule has 1 nitrogen and oxygen atoms in total. The van der Waals surface area contributed by atoms with Crippen LogP contribution in [0.1, 0.15) is 51.0 Å². The molecule has 1 fully saturated rings. The Balaban J connectivity index is 1.98. The van der Waals surface area contributed by atoms with Gasteiger partial charge in [0.15, 0.2) is 0 Å². The summed E-state index contributed by atoms with van der Waals surface area (Å²) < 4.78 is 1.24. The molecule has 1 unspecified atom stereocenters. The van der Waals surface area contributed by atoms with Crippen molar-refractivity contribution >= 4 is 27.7 Å². The molecule has 0 spiro atoms. The van der Waals surface area contributed by atoms with Gasteiger partial charge in [0.2, 0.25) is 0 Å². The highest BCUT2D eigenvalue weighted by Crippen LogP contribution is 2.37. The topological polar surface area (TPSA) is 26.0 Å². The Labute approximate surface area is 129 Å². The molecule has 0 aliphatic heterocycles. The van der Waals surface area contributed by atoms with Crippen LogP contribution in [0, 0.1) is 0 Å². The number of nitrogens with two attached hydrogens (primary N) is 1. The van der Waals surface area contributed by atoms with E-state index in [1.165, 1.54) is 47.0 Å². The van der Waals surface area contributed by atoms with E-state index in [2.05, 4.69) is 41.1 Å². The zero-order valence-electron chi connectivity index (χ0n) is 11.7. The normalized spacial score (nSPS) is 18.5. The summed E-state index contributed by atoms with van der Waals surface area (Å²) in [5.41, 5.74) is 7.36. The van der Waals surface area contributed by atoms with Crippen LogP contribution >= 0.6 is 27.7 Å². The number of thioether (sulfide) groups is 1. The highest BCUT2D eigenvalue weighted by Gasteiger charge is 2.16. The van der Waals surface area contributed by atoms with Gasteiger partial charge in [0.1, 0.15) is 0 Å². The molecular formula is C16H24BrNS. The summed E-state index contributed by atoms with van der Waals surface area (Å²) in [4.78, 5) is 1.39. The van der Waals surface area contributed by atoms with Crippen LogP contribution in [-0.4, -0.2) is 11.3 Å². The maximum atomic E-state index is 6.02. The summed E-state index contributed by atoms with van der Waals surface area (Å²) >= 11 is 5.77. The second kappa shape index (κ2) is 7.70. The molecule has 1 aromatic rings. The van der Waals surface area contributed by atoms with Crippen LogP contribution in [-0.2, 0) is 6.42 Å². The van der Waals surface area contributed by atoms with Crippen molar-refractivity contribution in [1.82, 2.24) is 0 Å². The summed E-state index contributed by atoms with van der Waals surface area (Å²) in [5, 5.41) is 0.814. The standard InChI is InChI=1S/C16H24BrNS/c1-2-13(18)10-12-8-9-16(15(17)11-12)19-14-6-4-3-5-7-14/h8-9,11,13-14H,2-7,10,18H2,1H3. The molecule has 2 N–H and O–H groups in total. The molecule has 1 aromatic carbocycles. The number of rotatable bonds is 5. The quantitative estimate of drug-likeness (QED) is 0.800. The van der Waals surface area contributed by atoms with Crippen LogP contribution in [0.2, 0.25) is 0 Å². The predicted octanol–water partition coefficient (Wildman–Crippen LogP) is 5.15. The van der Waals surface area contributed by atoms with Gasteiger partial charge in [-0.25, -0.2) is 0 Å². The summed E-state index contributed by atoms with van der Waals surface area (Å²) in [5.74, 6) is 0. The first-order chi connectivity index (χ1) is 9.19. The van der Waals surface area contributed by atoms with Gasteiger partial charge < -0.3 is 5.73 Å². The zero-order valence-corrected chi connectivity index (χ0v) is 14.1. The third-order valence-electron chi connectivity index (χ3n) is 3.86. The minimum Gasteiger partial charge on any atom is -0.327 e. The molecule has 0 heterocycles. The highest BCUT2D eigenvalue weighted by atomic mass is 79.9. The third-order valence-corrected chi connectivity index (χ3v) is 6.20. The Morgan fingerprint density at radius 1 is 1.32 bits per heavy atom. The fraction of sp³-hybridized carbons (Fsp3) is 0.625. The van der Waals surface area contributed by atoms with Crippen LogP contribution in [0.15, 0.2) is 27.6 Å². The molecule has 2 rings (SSSR count). The SMILES string of the molecule is CCC(N)Cc1ccc(SC2CCCCC2)c(Br)c1. The van der Waals surface area contributed by atoms with Crippen molar-refractivity contribution in [2.45, 2.75) is 68.1 Å². The van der Waals surface area contributed by atoms with E-state index in [0.29, 0.717) is 0 Å². The van der Waals surface area contributed by atoms with E-state index in [-0.39, 0.29) is 6.04 Å². The minimum atomic E-state index is 0.281. The van der Waals surface area contributed by atoms with Crippen molar-refractivity contribution < 1.29 is 0 Å². The number of benzene rings is 1. The molecule has 1 saturated carbocycles. The Morgan fingerprint density at radius 3 is 2.68 bits per heavy atom.